The van der Waals surface area contributed by atoms with Gasteiger partial charge in [0.05, 0.1) is 9.79 Å². The van der Waals surface area contributed by atoms with E-state index in [1.54, 1.807) is 0 Å². The number of hydroxylamine groups is 1. The summed E-state index contributed by atoms with van der Waals surface area (Å²) in [6.45, 7) is 0.667. The monoisotopic (exact) mass is 1020 g/mol. The van der Waals surface area contributed by atoms with E-state index in [1.165, 1.54) is 72.8 Å². The van der Waals surface area contributed by atoms with Crippen molar-refractivity contribution in [2.24, 2.45) is 0 Å². The number of benzene rings is 4. The number of ether oxygens (including phenoxy) is 5. The van der Waals surface area contributed by atoms with Crippen molar-refractivity contribution >= 4 is 31.6 Å². The maximum atomic E-state index is 13.7. The number of nitrogens with one attached hydrogen (secondary N) is 1. The topological polar surface area (TPSA) is 190 Å². The highest BCUT2D eigenvalue weighted by Gasteiger charge is 2.54. The summed E-state index contributed by atoms with van der Waals surface area (Å²) in [5.41, 5.74) is 4.31. The zero-order chi connectivity index (χ0) is 50.3. The first-order valence-electron chi connectivity index (χ1n) is 21.1. The van der Waals surface area contributed by atoms with Gasteiger partial charge in [-0.1, -0.05) is 48.5 Å². The fourth-order valence-electron chi connectivity index (χ4n) is 7.57. The Kier molecular flexibility index (Phi) is 16.7. The van der Waals surface area contributed by atoms with Gasteiger partial charge in [0.2, 0.25) is 0 Å². The molecule has 0 spiro atoms. The molecule has 69 heavy (non-hydrogen) atoms. The predicted molar refractivity (Wildman–Crippen MR) is 227 cm³/mol. The lowest BCUT2D eigenvalue weighted by molar-refractivity contribution is -0.253. The molecule has 1 amide bonds. The number of hydrogen-bond donors (Lipinski definition) is 2. The maximum absolute atomic E-state index is 13.7. The number of amides is 1. The van der Waals surface area contributed by atoms with Gasteiger partial charge in [-0.05, 0) is 96.5 Å². The third-order valence-corrected chi connectivity index (χ3v) is 16.6. The summed E-state index contributed by atoms with van der Waals surface area (Å²) in [7, 11) is -8.41. The van der Waals surface area contributed by atoms with Gasteiger partial charge in [0.15, 0.2) is 35.5 Å². The fraction of sp³-hybridized carbons (Fsp3) is 0.422. The lowest BCUT2D eigenvalue weighted by Crippen LogP contribution is -2.56. The Morgan fingerprint density at radius 2 is 0.942 bits per heavy atom. The van der Waals surface area contributed by atoms with Gasteiger partial charge in [0, 0.05) is 52.3 Å². The smallest absolute Gasteiger partial charge is 0.461 e. The molecule has 24 heteroatoms. The number of sulfone groups is 2. The second kappa shape index (κ2) is 21.7. The molecule has 2 N–H and O–H groups in total. The second-order valence-electron chi connectivity index (χ2n) is 15.9. The van der Waals surface area contributed by atoms with E-state index in [9.17, 15) is 66.7 Å². The molecule has 0 aliphatic carbocycles. The van der Waals surface area contributed by atoms with Crippen LogP contribution < -0.4 is 15.0 Å². The Bertz CT molecular complexity index is 2590. The van der Waals surface area contributed by atoms with Crippen LogP contribution in [0.3, 0.4) is 0 Å². The summed E-state index contributed by atoms with van der Waals surface area (Å²) in [5.74, 6) is -3.14. The molecular weight excluding hydrogens is 979 g/mol. The molecule has 0 aromatic heterocycles. The first kappa shape index (κ1) is 53.0. The van der Waals surface area contributed by atoms with Crippen LogP contribution in [0.2, 0.25) is 0 Å². The summed E-state index contributed by atoms with van der Waals surface area (Å²) >= 11 is 0. The van der Waals surface area contributed by atoms with Crippen molar-refractivity contribution in [3.63, 3.8) is 0 Å². The van der Waals surface area contributed by atoms with Gasteiger partial charge in [-0.3, -0.25) is 9.59 Å². The van der Waals surface area contributed by atoms with Gasteiger partial charge in [-0.25, -0.2) is 27.2 Å². The van der Waals surface area contributed by atoms with Crippen molar-refractivity contribution in [3.05, 3.63) is 97.1 Å². The fourth-order valence-corrected chi connectivity index (χ4v) is 11.4. The number of carbonyl (C=O) groups excluding carboxylic acids is 1. The molecule has 376 valence electrons. The number of halogens is 8. The van der Waals surface area contributed by atoms with Crippen LogP contribution in [0.25, 0.3) is 22.3 Å². The Morgan fingerprint density at radius 1 is 0.580 bits per heavy atom. The highest BCUT2D eigenvalue weighted by Crippen LogP contribution is 2.39. The van der Waals surface area contributed by atoms with Gasteiger partial charge >= 0.3 is 31.0 Å². The van der Waals surface area contributed by atoms with Crippen molar-refractivity contribution in [3.8, 4) is 33.8 Å². The molecule has 3 saturated heterocycles. The van der Waals surface area contributed by atoms with Crippen LogP contribution in [-0.4, -0.2) is 108 Å². The highest BCUT2D eigenvalue weighted by atomic mass is 32.2. The molecule has 7 rings (SSSR count). The zero-order valence-electron chi connectivity index (χ0n) is 36.1. The molecule has 4 aromatic carbocycles. The summed E-state index contributed by atoms with van der Waals surface area (Å²) in [5, 5.41) is 9.61. The Balaban J connectivity index is 0.000000232. The lowest BCUT2D eigenvalue weighted by Gasteiger charge is -2.35. The molecule has 0 saturated carbocycles. The predicted octanol–water partition coefficient (Wildman–Crippen LogP) is 8.49. The van der Waals surface area contributed by atoms with Gasteiger partial charge in [0.25, 0.3) is 5.91 Å². The number of carboxylic acids is 1. The average Bonchev–Trinajstić information content (AvgIpc) is 3.34. The summed E-state index contributed by atoms with van der Waals surface area (Å²) in [4.78, 5) is 30.1. The largest absolute Gasteiger partial charge is 0.480 e. The van der Waals surface area contributed by atoms with Gasteiger partial charge in [-0.15, -0.1) is 0 Å². The quantitative estimate of drug-likeness (QED) is 0.0804. The number of hydrogen-bond acceptors (Lipinski definition) is 12. The van der Waals surface area contributed by atoms with Crippen LogP contribution in [0.1, 0.15) is 44.9 Å². The van der Waals surface area contributed by atoms with Crippen LogP contribution in [0.5, 0.6) is 11.5 Å². The third kappa shape index (κ3) is 11.8. The first-order chi connectivity index (χ1) is 32.5. The summed E-state index contributed by atoms with van der Waals surface area (Å²) < 4.78 is 175. The Hall–Kier alpha value is -5.40. The molecule has 3 fully saturated rings. The Labute approximate surface area is 390 Å². The number of carboxylic acid groups (broad SMARTS) is 1. The van der Waals surface area contributed by atoms with Crippen molar-refractivity contribution < 1.29 is 95.2 Å². The number of aliphatic carboxylic acids is 1. The van der Waals surface area contributed by atoms with E-state index in [-0.39, 0.29) is 61.9 Å². The van der Waals surface area contributed by atoms with Crippen LogP contribution in [-0.2, 0) is 48.3 Å². The molecule has 4 aromatic rings. The molecule has 3 aliphatic heterocycles. The van der Waals surface area contributed by atoms with Gasteiger partial charge in [-0.2, -0.15) is 35.1 Å². The van der Waals surface area contributed by atoms with E-state index in [1.807, 2.05) is 0 Å². The van der Waals surface area contributed by atoms with E-state index >= 15 is 0 Å². The molecule has 1 unspecified atom stereocenters. The average molecular weight is 1020 g/mol. The van der Waals surface area contributed by atoms with E-state index in [0.29, 0.717) is 35.3 Å². The van der Waals surface area contributed by atoms with E-state index in [4.69, 9.17) is 19.0 Å². The van der Waals surface area contributed by atoms with Crippen LogP contribution in [0.4, 0.5) is 35.1 Å². The van der Waals surface area contributed by atoms with Crippen LogP contribution in [0.15, 0.2) is 107 Å². The third-order valence-electron chi connectivity index (χ3n) is 11.6. The maximum Gasteiger partial charge on any atom is 0.461 e. The molecule has 3 heterocycles. The molecule has 14 nitrogen and oxygen atoms in total. The van der Waals surface area contributed by atoms with Crippen molar-refractivity contribution in [1.29, 1.82) is 0 Å². The second-order valence-corrected chi connectivity index (χ2v) is 20.4. The number of rotatable bonds is 16. The van der Waals surface area contributed by atoms with Crippen molar-refractivity contribution in [1.82, 2.24) is 5.48 Å². The minimum Gasteiger partial charge on any atom is -0.480 e. The summed E-state index contributed by atoms with van der Waals surface area (Å²) in [6.07, 6.45) is -16.0. The minimum absolute atomic E-state index is 0.0165. The number of alkyl halides is 8. The van der Waals surface area contributed by atoms with Gasteiger partial charge in [0.1, 0.15) is 11.5 Å². The Morgan fingerprint density at radius 3 is 1.29 bits per heavy atom. The molecule has 0 radical (unpaired) electrons. The SMILES string of the molecule is O=C(NOC1CCCCO1)C1(S(=O)(=O)c2ccc(-c3ccc(OC(F)(F)C(F)F)cc3)cc2)CCOCC1.O=C(O)C1(S(=O)(=O)c2ccc(-c3ccc(OC(F)(F)C(F)F)cc3)cc2)CCOCC1. The summed E-state index contributed by atoms with van der Waals surface area (Å²) in [6, 6.07) is 20.9. The van der Waals surface area contributed by atoms with Crippen LogP contribution in [0, 0.1) is 0 Å². The van der Waals surface area contributed by atoms with Gasteiger partial charge < -0.3 is 28.8 Å². The van der Waals surface area contributed by atoms with E-state index in [2.05, 4.69) is 15.0 Å². The van der Waals surface area contributed by atoms with E-state index in [0.717, 1.165) is 37.1 Å². The van der Waals surface area contributed by atoms with Crippen molar-refractivity contribution in [2.45, 2.75) is 95.6 Å². The molecule has 0 bridgehead atoms. The zero-order valence-corrected chi connectivity index (χ0v) is 37.8. The van der Waals surface area contributed by atoms with E-state index < -0.39 is 83.9 Å². The minimum atomic E-state index is -4.63. The first-order valence-corrected chi connectivity index (χ1v) is 24.1. The number of carbonyl (C=O) groups is 2. The molecular formula is C45H45F8NO13S2. The highest BCUT2D eigenvalue weighted by molar-refractivity contribution is 7.94. The normalized spacial score (nSPS) is 18.7. The molecule has 3 aliphatic rings. The van der Waals surface area contributed by atoms with Crippen molar-refractivity contribution in [2.75, 3.05) is 33.0 Å². The standard InChI is InChI=1S/C25H27F4NO7S.C20H18F4O6S/c26-22(27)25(28,29)36-19-8-4-17(5-9-19)18-6-10-20(11-7-18)38(32,33)24(12-15-34-16-13-24)23(31)30-37-21-3-1-2-14-35-21;21-17(22)20(23,24)30-15-5-1-13(2-6-15)14-3-7-16(8-4-14)31(27,28)19(18(25)26)9-11-29-12-10-19/h4-11,21-22H,1-3,12-16H2,(H,30,31);1-8,17H,9-12H2,(H,25,26). The lowest BCUT2D eigenvalue weighted by atomic mass is 9.98. The molecule has 1 atom stereocenters. The van der Waals surface area contributed by atoms with Crippen LogP contribution >= 0.6 is 0 Å².